The molecule has 0 unspecified atom stereocenters. The zero-order valence-electron chi connectivity index (χ0n) is 24.0. The lowest BCUT2D eigenvalue weighted by molar-refractivity contribution is -0.140. The van der Waals surface area contributed by atoms with Crippen LogP contribution in [0.1, 0.15) is 37.8 Å². The number of rotatable bonds is 12. The van der Waals surface area contributed by atoms with E-state index in [1.807, 2.05) is 38.1 Å². The Bertz CT molecular complexity index is 1500. The largest absolute Gasteiger partial charge is 0.486 e. The van der Waals surface area contributed by atoms with Crippen molar-refractivity contribution in [3.05, 3.63) is 83.7 Å². The van der Waals surface area contributed by atoms with Gasteiger partial charge in [0.25, 0.3) is 10.0 Å². The van der Waals surface area contributed by atoms with Gasteiger partial charge in [0.1, 0.15) is 31.6 Å². The molecule has 1 atom stereocenters. The molecule has 3 aromatic rings. The second-order valence-electron chi connectivity index (χ2n) is 10.0. The molecule has 1 aliphatic heterocycles. The van der Waals surface area contributed by atoms with Crippen molar-refractivity contribution in [3.63, 3.8) is 0 Å². The van der Waals surface area contributed by atoms with E-state index in [0.717, 1.165) is 34.0 Å². The van der Waals surface area contributed by atoms with Crippen molar-refractivity contribution in [1.29, 1.82) is 0 Å². The maximum atomic E-state index is 14.1. The van der Waals surface area contributed by atoms with Gasteiger partial charge in [0.15, 0.2) is 11.5 Å². The van der Waals surface area contributed by atoms with Crippen molar-refractivity contribution in [1.82, 2.24) is 10.2 Å². The number of hydrogen-bond acceptors (Lipinski definition) is 6. The van der Waals surface area contributed by atoms with Crippen molar-refractivity contribution in [2.75, 3.05) is 30.6 Å². The van der Waals surface area contributed by atoms with Crippen molar-refractivity contribution >= 4 is 27.5 Å². The van der Waals surface area contributed by atoms with Crippen molar-refractivity contribution in [3.8, 4) is 11.5 Å². The van der Waals surface area contributed by atoms with Crippen molar-refractivity contribution < 1.29 is 31.9 Å². The van der Waals surface area contributed by atoms with Gasteiger partial charge in [-0.2, -0.15) is 0 Å². The lowest BCUT2D eigenvalue weighted by Crippen LogP contribution is -2.52. The summed E-state index contributed by atoms with van der Waals surface area (Å²) in [4.78, 5) is 28.5. The molecule has 0 aromatic heterocycles. The second-order valence-corrected chi connectivity index (χ2v) is 11.9. The van der Waals surface area contributed by atoms with E-state index < -0.39 is 34.3 Å². The molecule has 4 rings (SSSR count). The van der Waals surface area contributed by atoms with Crippen LogP contribution in [0.3, 0.4) is 0 Å². The number of ether oxygens (including phenoxy) is 2. The molecule has 42 heavy (non-hydrogen) atoms. The monoisotopic (exact) mass is 597 g/mol. The highest BCUT2D eigenvalue weighted by Crippen LogP contribution is 2.34. The van der Waals surface area contributed by atoms with Crippen LogP contribution < -0.4 is 19.1 Å². The second kappa shape index (κ2) is 13.7. The molecule has 0 aliphatic carbocycles. The van der Waals surface area contributed by atoms with Gasteiger partial charge >= 0.3 is 0 Å². The minimum atomic E-state index is -4.35. The smallest absolute Gasteiger partial charge is 0.264 e. The topological polar surface area (TPSA) is 105 Å². The van der Waals surface area contributed by atoms with Crippen LogP contribution in [-0.2, 0) is 26.2 Å². The van der Waals surface area contributed by atoms with Crippen LogP contribution in [0.4, 0.5) is 10.1 Å². The molecule has 0 bridgehead atoms. The van der Waals surface area contributed by atoms with Crippen LogP contribution in [0, 0.1) is 12.7 Å². The van der Waals surface area contributed by atoms with Gasteiger partial charge in [-0.25, -0.2) is 12.8 Å². The molecule has 0 spiro atoms. The van der Waals surface area contributed by atoms with Gasteiger partial charge in [-0.15, -0.1) is 0 Å². The van der Waals surface area contributed by atoms with Crippen LogP contribution in [0.2, 0.25) is 0 Å². The summed E-state index contributed by atoms with van der Waals surface area (Å²) < 4.78 is 54.0. The summed E-state index contributed by atoms with van der Waals surface area (Å²) >= 11 is 0. The van der Waals surface area contributed by atoms with Crippen LogP contribution in [0.25, 0.3) is 0 Å². The van der Waals surface area contributed by atoms with Crippen LogP contribution in [-0.4, -0.2) is 57.5 Å². The number of nitrogens with zero attached hydrogens (tertiary/aromatic N) is 2. The minimum absolute atomic E-state index is 0.0957. The summed E-state index contributed by atoms with van der Waals surface area (Å²) in [5.74, 6) is -0.770. The average molecular weight is 598 g/mol. The van der Waals surface area contributed by atoms with Gasteiger partial charge in [0.05, 0.1) is 10.6 Å². The molecule has 224 valence electrons. The summed E-state index contributed by atoms with van der Waals surface area (Å²) in [6, 6.07) is 15.8. The van der Waals surface area contributed by atoms with E-state index >= 15 is 0 Å². The molecule has 0 fully saturated rings. The van der Waals surface area contributed by atoms with Crippen LogP contribution in [0.5, 0.6) is 11.5 Å². The number of fused-ring (bicyclic) bond motifs is 1. The number of nitrogens with one attached hydrogen (secondary N) is 1. The molecule has 11 heteroatoms. The minimum Gasteiger partial charge on any atom is -0.486 e. The predicted molar refractivity (Wildman–Crippen MR) is 157 cm³/mol. The molecular formula is C31H36FN3O6S. The lowest BCUT2D eigenvalue weighted by Gasteiger charge is -2.33. The zero-order valence-corrected chi connectivity index (χ0v) is 24.8. The number of amides is 2. The van der Waals surface area contributed by atoms with Crippen molar-refractivity contribution in [2.45, 2.75) is 51.1 Å². The number of halogens is 1. The Morgan fingerprint density at radius 2 is 1.62 bits per heavy atom. The van der Waals surface area contributed by atoms with Gasteiger partial charge in [0, 0.05) is 19.2 Å². The molecule has 2 amide bonds. The normalized spacial score (nSPS) is 13.2. The molecule has 0 saturated heterocycles. The molecule has 0 radical (unpaired) electrons. The summed E-state index contributed by atoms with van der Waals surface area (Å²) in [6.45, 7) is 6.21. The first-order chi connectivity index (χ1) is 20.1. The Morgan fingerprint density at radius 1 is 0.952 bits per heavy atom. The number of anilines is 1. The number of carbonyl (C=O) groups is 2. The van der Waals surface area contributed by atoms with Crippen molar-refractivity contribution in [2.24, 2.45) is 0 Å². The van der Waals surface area contributed by atoms with Gasteiger partial charge in [-0.1, -0.05) is 43.7 Å². The van der Waals surface area contributed by atoms with Gasteiger partial charge in [-0.3, -0.25) is 13.9 Å². The van der Waals surface area contributed by atoms with Crippen LogP contribution in [0.15, 0.2) is 71.6 Å². The predicted octanol–water partition coefficient (Wildman–Crippen LogP) is 4.43. The first kappa shape index (κ1) is 30.8. The summed E-state index contributed by atoms with van der Waals surface area (Å²) in [6.07, 6.45) is 1.04. The first-order valence-corrected chi connectivity index (χ1v) is 15.4. The van der Waals surface area contributed by atoms with Gasteiger partial charge in [-0.05, 0) is 61.7 Å². The Hall–Kier alpha value is -4.12. The van der Waals surface area contributed by atoms with Gasteiger partial charge in [0.2, 0.25) is 11.8 Å². The SMILES string of the molecule is CCCNC(=O)[C@@H](CC)N(Cc1ccc(C)cc1)C(=O)CN(c1ccc(F)cc1)S(=O)(=O)c1ccc2c(c1)OCCO2. The Labute approximate surface area is 246 Å². The third kappa shape index (κ3) is 7.20. The van der Waals surface area contributed by atoms with Gasteiger partial charge < -0.3 is 19.7 Å². The number of hydrogen-bond donors (Lipinski definition) is 1. The Balaban J connectivity index is 1.73. The number of sulfonamides is 1. The zero-order chi connectivity index (χ0) is 30.3. The fourth-order valence-electron chi connectivity index (χ4n) is 4.62. The Morgan fingerprint density at radius 3 is 2.26 bits per heavy atom. The highest BCUT2D eigenvalue weighted by molar-refractivity contribution is 7.92. The fraction of sp³-hybridized carbons (Fsp3) is 0.355. The lowest BCUT2D eigenvalue weighted by atomic mass is 10.1. The molecule has 9 nitrogen and oxygen atoms in total. The molecule has 0 saturated carbocycles. The fourth-order valence-corrected chi connectivity index (χ4v) is 6.05. The molecule has 1 aliphatic rings. The third-order valence-electron chi connectivity index (χ3n) is 6.90. The maximum absolute atomic E-state index is 14.1. The average Bonchev–Trinajstić information content (AvgIpc) is 2.99. The molecule has 1 heterocycles. The number of aryl methyl sites for hydroxylation is 1. The first-order valence-electron chi connectivity index (χ1n) is 13.9. The van der Waals surface area contributed by atoms with E-state index in [1.165, 1.54) is 35.2 Å². The standard InChI is InChI=1S/C31H36FN3O6S/c1-4-16-33-31(37)27(5-2)34(20-23-8-6-22(3)7-9-23)30(36)21-35(25-12-10-24(32)11-13-25)42(38,39)26-14-15-28-29(19-26)41-18-17-40-28/h6-15,19,27H,4-5,16-18,20-21H2,1-3H3,(H,33,37)/t27-/m1/s1. The van der Waals surface area contributed by atoms with E-state index in [1.54, 1.807) is 6.92 Å². The highest BCUT2D eigenvalue weighted by atomic mass is 32.2. The summed E-state index contributed by atoms with van der Waals surface area (Å²) in [5.41, 5.74) is 1.93. The number of benzene rings is 3. The summed E-state index contributed by atoms with van der Waals surface area (Å²) in [5, 5.41) is 2.86. The van der Waals surface area contributed by atoms with E-state index in [4.69, 9.17) is 9.47 Å². The van der Waals surface area contributed by atoms with E-state index in [9.17, 15) is 22.4 Å². The summed E-state index contributed by atoms with van der Waals surface area (Å²) in [7, 11) is -4.35. The Kier molecular flexibility index (Phi) is 10.1. The molecule has 3 aromatic carbocycles. The van der Waals surface area contributed by atoms with Crippen LogP contribution >= 0.6 is 0 Å². The van der Waals surface area contributed by atoms with E-state index in [0.29, 0.717) is 25.3 Å². The van der Waals surface area contributed by atoms with E-state index in [-0.39, 0.29) is 35.4 Å². The van der Waals surface area contributed by atoms with E-state index in [2.05, 4.69) is 5.32 Å². The highest BCUT2D eigenvalue weighted by Gasteiger charge is 2.34. The quantitative estimate of drug-likeness (QED) is 0.331. The molecular weight excluding hydrogens is 561 g/mol. The third-order valence-corrected chi connectivity index (χ3v) is 8.67. The maximum Gasteiger partial charge on any atom is 0.264 e. The number of carbonyl (C=O) groups excluding carboxylic acids is 2. The molecule has 1 N–H and O–H groups in total.